The maximum absolute atomic E-state index is 11.6. The Morgan fingerprint density at radius 2 is 2.21 bits per heavy atom. The molecule has 2 aliphatic heterocycles. The highest BCUT2D eigenvalue weighted by Crippen LogP contribution is 2.22. The fraction of sp³-hybridized carbons (Fsp3) is 0.500. The molecule has 0 aliphatic carbocycles. The van der Waals surface area contributed by atoms with Gasteiger partial charge in [0.15, 0.2) is 0 Å². The van der Waals surface area contributed by atoms with E-state index in [2.05, 4.69) is 35.1 Å². The highest BCUT2D eigenvalue weighted by molar-refractivity contribution is 5.78. The first kappa shape index (κ1) is 18.7. The van der Waals surface area contributed by atoms with Gasteiger partial charge in [0.05, 0.1) is 25.4 Å². The first-order chi connectivity index (χ1) is 13.7. The number of hydrogen-bond donors (Lipinski definition) is 0. The lowest BCUT2D eigenvalue weighted by Gasteiger charge is -2.21. The van der Waals surface area contributed by atoms with Crippen LogP contribution in [0.25, 0.3) is 11.3 Å². The highest BCUT2D eigenvalue weighted by atomic mass is 16.5. The van der Waals surface area contributed by atoms with E-state index >= 15 is 0 Å². The Morgan fingerprint density at radius 1 is 1.29 bits per heavy atom. The minimum absolute atomic E-state index is 0.211. The summed E-state index contributed by atoms with van der Waals surface area (Å²) >= 11 is 0. The van der Waals surface area contributed by atoms with Crippen molar-refractivity contribution in [3.63, 3.8) is 0 Å². The Hall–Kier alpha value is -2.65. The second-order valence-corrected chi connectivity index (χ2v) is 7.56. The van der Waals surface area contributed by atoms with Gasteiger partial charge in [-0.3, -0.25) is 4.79 Å². The van der Waals surface area contributed by atoms with Crippen LogP contribution >= 0.6 is 0 Å². The van der Waals surface area contributed by atoms with Crippen molar-refractivity contribution in [3.8, 4) is 23.1 Å². The predicted molar refractivity (Wildman–Crippen MR) is 106 cm³/mol. The molecule has 0 N–H and O–H groups in total. The summed E-state index contributed by atoms with van der Waals surface area (Å²) in [5, 5.41) is 8.61. The summed E-state index contributed by atoms with van der Waals surface area (Å²) in [6.45, 7) is 5.00. The molecule has 0 unspecified atom stereocenters. The second kappa shape index (κ2) is 8.57. The largest absolute Gasteiger partial charge is 0.376 e. The van der Waals surface area contributed by atoms with Crippen LogP contribution in [0.3, 0.4) is 0 Å². The van der Waals surface area contributed by atoms with Crippen molar-refractivity contribution in [3.05, 3.63) is 35.5 Å². The number of carbonyl (C=O) groups is 1. The molecule has 146 valence electrons. The van der Waals surface area contributed by atoms with Gasteiger partial charge in [0.2, 0.25) is 5.91 Å². The Balaban J connectivity index is 1.41. The summed E-state index contributed by atoms with van der Waals surface area (Å²) in [6, 6.07) is 6.12. The molecule has 2 saturated heterocycles. The first-order valence-corrected chi connectivity index (χ1v) is 10.1. The van der Waals surface area contributed by atoms with E-state index in [1.165, 1.54) is 6.42 Å². The summed E-state index contributed by atoms with van der Waals surface area (Å²) in [5.74, 6) is 6.50. The molecule has 1 aromatic heterocycles. The van der Waals surface area contributed by atoms with Crippen LogP contribution in [-0.2, 0) is 16.1 Å². The standard InChI is InChI=1S/C22H26N4O2/c1-17-14-18(6-4-11-25-12-5-8-22(25)27)9-10-20(17)21-16-26(24-23-21)15-19-7-2-3-13-28-19/h9-10,14,16,19H,2-3,5,7-8,11-13,15H2,1H3/t19-/m1/s1. The number of carbonyl (C=O) groups excluding carboxylic acids is 1. The summed E-state index contributed by atoms with van der Waals surface area (Å²) in [6.07, 6.45) is 7.30. The molecule has 1 atom stereocenters. The zero-order valence-corrected chi connectivity index (χ0v) is 16.4. The summed E-state index contributed by atoms with van der Waals surface area (Å²) < 4.78 is 7.67. The van der Waals surface area contributed by atoms with E-state index in [1.807, 2.05) is 27.9 Å². The van der Waals surface area contributed by atoms with Gasteiger partial charge in [-0.15, -0.1) is 5.10 Å². The van der Waals surface area contributed by atoms with Crippen LogP contribution < -0.4 is 0 Å². The van der Waals surface area contributed by atoms with E-state index in [1.54, 1.807) is 0 Å². The van der Waals surface area contributed by atoms with Gasteiger partial charge in [0.1, 0.15) is 5.69 Å². The molecule has 6 heteroatoms. The van der Waals surface area contributed by atoms with Crippen LogP contribution in [0, 0.1) is 18.8 Å². The lowest BCUT2D eigenvalue weighted by atomic mass is 10.0. The fourth-order valence-corrected chi connectivity index (χ4v) is 3.81. The topological polar surface area (TPSA) is 60.2 Å². The van der Waals surface area contributed by atoms with Crippen LogP contribution in [0.4, 0.5) is 0 Å². The Labute approximate surface area is 165 Å². The van der Waals surface area contributed by atoms with Crippen molar-refractivity contribution in [2.45, 2.75) is 51.7 Å². The molecule has 1 amide bonds. The van der Waals surface area contributed by atoms with Crippen LogP contribution in [0.15, 0.2) is 24.4 Å². The van der Waals surface area contributed by atoms with E-state index < -0.39 is 0 Å². The minimum Gasteiger partial charge on any atom is -0.376 e. The average Bonchev–Trinajstić information content (AvgIpc) is 3.32. The third-order valence-electron chi connectivity index (χ3n) is 5.38. The van der Waals surface area contributed by atoms with E-state index in [9.17, 15) is 4.79 Å². The van der Waals surface area contributed by atoms with E-state index in [-0.39, 0.29) is 12.0 Å². The zero-order chi connectivity index (χ0) is 19.3. The van der Waals surface area contributed by atoms with Crippen LogP contribution in [-0.4, -0.2) is 51.6 Å². The Morgan fingerprint density at radius 3 is 2.96 bits per heavy atom. The third kappa shape index (κ3) is 4.42. The molecule has 1 aromatic carbocycles. The Bertz CT molecular complexity index is 903. The van der Waals surface area contributed by atoms with Crippen molar-refractivity contribution >= 4 is 5.91 Å². The lowest BCUT2D eigenvalue weighted by molar-refractivity contribution is -0.127. The number of nitrogens with zero attached hydrogens (tertiary/aromatic N) is 4. The number of benzene rings is 1. The molecule has 0 bridgehead atoms. The SMILES string of the molecule is Cc1cc(C#CCN2CCCC2=O)ccc1-c1cn(C[C@H]2CCCCO2)nn1. The van der Waals surface area contributed by atoms with Gasteiger partial charge in [0.25, 0.3) is 0 Å². The van der Waals surface area contributed by atoms with Crippen molar-refractivity contribution in [2.75, 3.05) is 19.7 Å². The number of aryl methyl sites for hydroxylation is 1. The molecule has 2 aliphatic rings. The molecular weight excluding hydrogens is 352 g/mol. The van der Waals surface area contributed by atoms with E-state index in [0.29, 0.717) is 13.0 Å². The number of likely N-dealkylation sites (tertiary alicyclic amines) is 1. The molecule has 28 heavy (non-hydrogen) atoms. The second-order valence-electron chi connectivity index (χ2n) is 7.56. The summed E-state index contributed by atoms with van der Waals surface area (Å²) in [5.41, 5.74) is 4.01. The van der Waals surface area contributed by atoms with E-state index in [4.69, 9.17) is 4.74 Å². The molecule has 0 radical (unpaired) electrons. The molecule has 2 aromatic rings. The number of ether oxygens (including phenoxy) is 1. The Kier molecular flexibility index (Phi) is 5.73. The molecule has 4 rings (SSSR count). The first-order valence-electron chi connectivity index (χ1n) is 10.1. The van der Waals surface area contributed by atoms with E-state index in [0.717, 1.165) is 61.3 Å². The molecular formula is C22H26N4O2. The third-order valence-corrected chi connectivity index (χ3v) is 5.38. The monoisotopic (exact) mass is 378 g/mol. The van der Waals surface area contributed by atoms with Crippen molar-refractivity contribution < 1.29 is 9.53 Å². The number of rotatable bonds is 4. The zero-order valence-electron chi connectivity index (χ0n) is 16.4. The van der Waals surface area contributed by atoms with Gasteiger partial charge in [-0.2, -0.15) is 0 Å². The van der Waals surface area contributed by atoms with Crippen LogP contribution in [0.2, 0.25) is 0 Å². The number of amides is 1. The van der Waals surface area contributed by atoms with Gasteiger partial charge < -0.3 is 9.64 Å². The quantitative estimate of drug-likeness (QED) is 0.768. The predicted octanol–water partition coefficient (Wildman–Crippen LogP) is 2.80. The van der Waals surface area contributed by atoms with Crippen LogP contribution in [0.1, 0.15) is 43.2 Å². The molecule has 0 spiro atoms. The van der Waals surface area contributed by atoms with Gasteiger partial charge in [-0.1, -0.05) is 23.1 Å². The van der Waals surface area contributed by atoms with Crippen molar-refractivity contribution in [1.82, 2.24) is 19.9 Å². The number of hydrogen-bond acceptors (Lipinski definition) is 4. The molecule has 0 saturated carbocycles. The van der Waals surface area contributed by atoms with Crippen LogP contribution in [0.5, 0.6) is 0 Å². The van der Waals surface area contributed by atoms with Gasteiger partial charge in [-0.25, -0.2) is 4.68 Å². The lowest BCUT2D eigenvalue weighted by Crippen LogP contribution is -2.24. The molecule has 3 heterocycles. The van der Waals surface area contributed by atoms with Crippen molar-refractivity contribution in [1.29, 1.82) is 0 Å². The molecule has 2 fully saturated rings. The maximum Gasteiger partial charge on any atom is 0.223 e. The highest BCUT2D eigenvalue weighted by Gasteiger charge is 2.18. The smallest absolute Gasteiger partial charge is 0.223 e. The summed E-state index contributed by atoms with van der Waals surface area (Å²) in [4.78, 5) is 13.5. The molecule has 6 nitrogen and oxygen atoms in total. The minimum atomic E-state index is 0.211. The van der Waals surface area contributed by atoms with Gasteiger partial charge in [0, 0.05) is 30.7 Å². The van der Waals surface area contributed by atoms with Gasteiger partial charge >= 0.3 is 0 Å². The maximum atomic E-state index is 11.6. The van der Waals surface area contributed by atoms with Crippen molar-refractivity contribution in [2.24, 2.45) is 0 Å². The number of aromatic nitrogens is 3. The van der Waals surface area contributed by atoms with Gasteiger partial charge in [-0.05, 0) is 50.3 Å². The normalized spacial score (nSPS) is 19.5. The average molecular weight is 378 g/mol. The summed E-state index contributed by atoms with van der Waals surface area (Å²) in [7, 11) is 0. The fourth-order valence-electron chi connectivity index (χ4n) is 3.81.